The average Bonchev–Trinajstić information content (AvgIpc) is 3.21. The van der Waals surface area contributed by atoms with Crippen molar-refractivity contribution in [3.05, 3.63) is 64.9 Å². The van der Waals surface area contributed by atoms with E-state index in [-0.39, 0.29) is 29.7 Å². The molecule has 1 unspecified atom stereocenters. The first-order chi connectivity index (χ1) is 16.3. The molecule has 35 heavy (non-hydrogen) atoms. The quantitative estimate of drug-likeness (QED) is 0.617. The molecule has 2 amide bonds. The van der Waals surface area contributed by atoms with E-state index >= 15 is 0 Å². The minimum absolute atomic E-state index is 0.0452. The summed E-state index contributed by atoms with van der Waals surface area (Å²) in [6, 6.07) is 12.9. The summed E-state index contributed by atoms with van der Waals surface area (Å²) in [4.78, 5) is 39.9. The minimum Gasteiger partial charge on any atom is -0.475 e. The van der Waals surface area contributed by atoms with Crippen molar-refractivity contribution in [2.24, 2.45) is 0 Å². The number of alkyl halides is 3. The third-order valence-corrected chi connectivity index (χ3v) is 6.26. The second-order valence-electron chi connectivity index (χ2n) is 8.33. The van der Waals surface area contributed by atoms with Gasteiger partial charge in [0.2, 0.25) is 5.91 Å². The zero-order valence-electron chi connectivity index (χ0n) is 18.6. The molecule has 0 saturated carbocycles. The Kier molecular flexibility index (Phi) is 7.71. The SMILES string of the molecule is CN1CC(=O)N(c2cccc(F)c2)CC12CCN(C(=O)c1ccc(Cl)cc1)C2.O=C(O)C(F)(F)F. The van der Waals surface area contributed by atoms with Crippen molar-refractivity contribution in [1.29, 1.82) is 0 Å². The van der Waals surface area contributed by atoms with E-state index in [0.717, 1.165) is 6.42 Å². The van der Waals surface area contributed by atoms with E-state index in [9.17, 15) is 27.2 Å². The Morgan fingerprint density at radius 1 is 1.09 bits per heavy atom. The molecule has 2 heterocycles. The number of carbonyl (C=O) groups excluding carboxylic acids is 2. The van der Waals surface area contributed by atoms with Gasteiger partial charge in [-0.05, 0) is 55.9 Å². The number of hydrogen-bond donors (Lipinski definition) is 1. The van der Waals surface area contributed by atoms with Crippen molar-refractivity contribution in [2.45, 2.75) is 18.1 Å². The lowest BCUT2D eigenvalue weighted by atomic mass is 9.92. The third kappa shape index (κ3) is 6.09. The van der Waals surface area contributed by atoms with Crippen LogP contribution in [0.15, 0.2) is 48.5 Å². The molecule has 1 atom stereocenters. The first kappa shape index (κ1) is 26.4. The number of carbonyl (C=O) groups is 3. The van der Waals surface area contributed by atoms with Gasteiger partial charge in [-0.25, -0.2) is 9.18 Å². The lowest BCUT2D eigenvalue weighted by molar-refractivity contribution is -0.192. The Bertz CT molecular complexity index is 1110. The van der Waals surface area contributed by atoms with Crippen LogP contribution in [0.25, 0.3) is 0 Å². The van der Waals surface area contributed by atoms with Gasteiger partial charge in [0.05, 0.1) is 12.1 Å². The fraction of sp³-hybridized carbons (Fsp3) is 0.348. The number of amides is 2. The van der Waals surface area contributed by atoms with Crippen LogP contribution >= 0.6 is 11.6 Å². The van der Waals surface area contributed by atoms with E-state index in [1.54, 1.807) is 41.3 Å². The number of carboxylic acid groups (broad SMARTS) is 1. The Morgan fingerprint density at radius 2 is 1.71 bits per heavy atom. The monoisotopic (exact) mass is 515 g/mol. The number of aliphatic carboxylic acids is 1. The van der Waals surface area contributed by atoms with Gasteiger partial charge in [0.1, 0.15) is 5.82 Å². The van der Waals surface area contributed by atoms with Gasteiger partial charge in [-0.15, -0.1) is 0 Å². The van der Waals surface area contributed by atoms with Crippen molar-refractivity contribution in [2.75, 3.05) is 38.1 Å². The summed E-state index contributed by atoms with van der Waals surface area (Å²) in [7, 11) is 1.91. The number of rotatable bonds is 2. The molecule has 12 heteroatoms. The number of halogens is 5. The predicted octanol–water partition coefficient (Wildman–Crippen LogP) is 3.68. The van der Waals surface area contributed by atoms with Crippen LogP contribution in [-0.4, -0.2) is 77.6 Å². The molecular weight excluding hydrogens is 494 g/mol. The van der Waals surface area contributed by atoms with E-state index in [2.05, 4.69) is 0 Å². The van der Waals surface area contributed by atoms with Gasteiger partial charge >= 0.3 is 12.1 Å². The molecule has 0 bridgehead atoms. The molecular formula is C23H22ClF4N3O4. The van der Waals surface area contributed by atoms with Crippen LogP contribution in [0.2, 0.25) is 5.02 Å². The molecule has 1 N–H and O–H groups in total. The molecule has 1 spiro atoms. The van der Waals surface area contributed by atoms with Gasteiger partial charge in [-0.2, -0.15) is 13.2 Å². The number of likely N-dealkylation sites (N-methyl/N-ethyl adjacent to an activating group) is 1. The van der Waals surface area contributed by atoms with Crippen molar-refractivity contribution >= 4 is 35.1 Å². The molecule has 4 rings (SSSR count). The van der Waals surface area contributed by atoms with Crippen LogP contribution in [0.1, 0.15) is 16.8 Å². The van der Waals surface area contributed by atoms with Gasteiger partial charge in [-0.1, -0.05) is 17.7 Å². The van der Waals surface area contributed by atoms with Crippen LogP contribution in [0, 0.1) is 5.82 Å². The molecule has 2 saturated heterocycles. The average molecular weight is 516 g/mol. The number of likely N-dealkylation sites (tertiary alicyclic amines) is 1. The van der Waals surface area contributed by atoms with Gasteiger partial charge in [0.25, 0.3) is 5.91 Å². The van der Waals surface area contributed by atoms with Crippen LogP contribution < -0.4 is 4.90 Å². The summed E-state index contributed by atoms with van der Waals surface area (Å²) in [5, 5.41) is 7.71. The standard InChI is InChI=1S/C21H21ClFN3O2.C2HF3O2/c1-24-12-19(27)26(18-4-2-3-17(23)11-18)14-21(24)9-10-25(13-21)20(28)15-5-7-16(22)8-6-15;3-2(4,5)1(6)7/h2-8,11H,9-10,12-14H2,1H3;(H,6,7). The Hall–Kier alpha value is -3.18. The molecule has 188 valence electrons. The summed E-state index contributed by atoms with van der Waals surface area (Å²) in [5.41, 5.74) is 0.806. The van der Waals surface area contributed by atoms with Crippen molar-refractivity contribution in [1.82, 2.24) is 9.80 Å². The van der Waals surface area contributed by atoms with Gasteiger partial charge in [-0.3, -0.25) is 14.5 Å². The van der Waals surface area contributed by atoms with Crippen molar-refractivity contribution < 1.29 is 37.1 Å². The molecule has 2 aromatic carbocycles. The smallest absolute Gasteiger partial charge is 0.475 e. The maximum Gasteiger partial charge on any atom is 0.490 e. The summed E-state index contributed by atoms with van der Waals surface area (Å²) in [6.07, 6.45) is -4.33. The third-order valence-electron chi connectivity index (χ3n) is 6.01. The topological polar surface area (TPSA) is 81.2 Å². The van der Waals surface area contributed by atoms with E-state index in [1.165, 1.54) is 12.1 Å². The number of piperazine rings is 1. The predicted molar refractivity (Wildman–Crippen MR) is 120 cm³/mol. The molecule has 0 aliphatic carbocycles. The maximum atomic E-state index is 13.7. The number of carboxylic acids is 1. The Morgan fingerprint density at radius 3 is 2.29 bits per heavy atom. The van der Waals surface area contributed by atoms with Crippen molar-refractivity contribution in [3.8, 4) is 0 Å². The lowest BCUT2D eigenvalue weighted by Gasteiger charge is -2.46. The van der Waals surface area contributed by atoms with Gasteiger partial charge in [0, 0.05) is 35.9 Å². The molecule has 2 fully saturated rings. The molecule has 0 aromatic heterocycles. The highest BCUT2D eigenvalue weighted by atomic mass is 35.5. The molecule has 0 radical (unpaired) electrons. The van der Waals surface area contributed by atoms with Gasteiger partial charge < -0.3 is 14.9 Å². The zero-order valence-corrected chi connectivity index (χ0v) is 19.3. The van der Waals surface area contributed by atoms with E-state index in [4.69, 9.17) is 21.5 Å². The Balaban J connectivity index is 0.000000429. The number of nitrogens with zero attached hydrogens (tertiary/aromatic N) is 3. The fourth-order valence-electron chi connectivity index (χ4n) is 4.08. The summed E-state index contributed by atoms with van der Waals surface area (Å²) in [6.45, 7) is 1.79. The number of benzene rings is 2. The lowest BCUT2D eigenvalue weighted by Crippen LogP contribution is -2.64. The summed E-state index contributed by atoms with van der Waals surface area (Å²) in [5.74, 6) is -3.24. The first-order valence-corrected chi connectivity index (χ1v) is 10.8. The molecule has 2 aromatic rings. The van der Waals surface area contributed by atoms with E-state index in [0.29, 0.717) is 35.9 Å². The Labute approximate surface area is 203 Å². The second kappa shape index (κ2) is 10.2. The molecule has 2 aliphatic rings. The highest BCUT2D eigenvalue weighted by Gasteiger charge is 2.48. The maximum absolute atomic E-state index is 13.7. The van der Waals surface area contributed by atoms with Crippen LogP contribution in [0.4, 0.5) is 23.2 Å². The van der Waals surface area contributed by atoms with E-state index < -0.39 is 12.1 Å². The number of anilines is 1. The highest BCUT2D eigenvalue weighted by molar-refractivity contribution is 6.30. The van der Waals surface area contributed by atoms with Crippen LogP contribution in [0.5, 0.6) is 0 Å². The van der Waals surface area contributed by atoms with Crippen molar-refractivity contribution in [3.63, 3.8) is 0 Å². The normalized spacial score (nSPS) is 20.6. The van der Waals surface area contributed by atoms with Crippen LogP contribution in [-0.2, 0) is 9.59 Å². The molecule has 2 aliphatic heterocycles. The van der Waals surface area contributed by atoms with E-state index in [1.807, 2.05) is 16.8 Å². The summed E-state index contributed by atoms with van der Waals surface area (Å²) >= 11 is 5.92. The molecule has 7 nitrogen and oxygen atoms in total. The number of hydrogen-bond acceptors (Lipinski definition) is 4. The van der Waals surface area contributed by atoms with Crippen LogP contribution in [0.3, 0.4) is 0 Å². The first-order valence-electron chi connectivity index (χ1n) is 10.4. The summed E-state index contributed by atoms with van der Waals surface area (Å²) < 4.78 is 45.4. The second-order valence-corrected chi connectivity index (χ2v) is 8.76. The highest BCUT2D eigenvalue weighted by Crippen LogP contribution is 2.34. The minimum atomic E-state index is -5.08. The fourth-order valence-corrected chi connectivity index (χ4v) is 4.21. The zero-order chi connectivity index (χ0) is 26.0. The van der Waals surface area contributed by atoms with Gasteiger partial charge in [0.15, 0.2) is 0 Å². The largest absolute Gasteiger partial charge is 0.490 e.